The summed E-state index contributed by atoms with van der Waals surface area (Å²) in [6, 6.07) is 3.47. The highest BCUT2D eigenvalue weighted by atomic mass is 16.7. The molecule has 0 aromatic heterocycles. The Morgan fingerprint density at radius 1 is 1.11 bits per heavy atom. The number of carboxylic acids is 1. The summed E-state index contributed by atoms with van der Waals surface area (Å²) < 4.78 is 16.8. The van der Waals surface area contributed by atoms with E-state index in [2.05, 4.69) is 39.5 Å². The van der Waals surface area contributed by atoms with Gasteiger partial charge in [-0.2, -0.15) is 0 Å². The molecule has 1 amide bonds. The highest BCUT2D eigenvalue weighted by Crippen LogP contribution is 2.50. The number of methoxy groups -OCH3 is 1. The van der Waals surface area contributed by atoms with E-state index in [1.54, 1.807) is 7.11 Å². The Balaban J connectivity index is 1.98. The summed E-state index contributed by atoms with van der Waals surface area (Å²) in [5, 5.41) is 10.6. The van der Waals surface area contributed by atoms with Crippen molar-refractivity contribution in [2.45, 2.75) is 85.1 Å². The topological polar surface area (TPSA) is 88.5 Å². The first-order chi connectivity index (χ1) is 17.7. The van der Waals surface area contributed by atoms with Crippen LogP contribution < -0.4 is 14.2 Å². The monoisotopic (exact) mass is 518 g/mol. The van der Waals surface area contributed by atoms with Crippen molar-refractivity contribution in [3.8, 4) is 17.2 Å². The zero-order valence-electron chi connectivity index (χ0n) is 23.5. The lowest BCUT2D eigenvalue weighted by Crippen LogP contribution is -2.50. The maximum atomic E-state index is 13.6. The number of carbonyl (C=O) groups is 2. The van der Waals surface area contributed by atoms with E-state index in [4.69, 9.17) is 14.2 Å². The fourth-order valence-electron chi connectivity index (χ4n) is 6.18. The molecule has 1 N–H and O–H groups in total. The summed E-state index contributed by atoms with van der Waals surface area (Å²) in [7, 11) is 1.57. The number of hydrogen-bond donors (Lipinski definition) is 1. The molecule has 8 heteroatoms. The molecule has 2 heterocycles. The van der Waals surface area contributed by atoms with E-state index >= 15 is 0 Å². The van der Waals surface area contributed by atoms with Crippen molar-refractivity contribution < 1.29 is 28.9 Å². The van der Waals surface area contributed by atoms with E-state index in [1.165, 1.54) is 0 Å². The molecule has 1 fully saturated rings. The minimum Gasteiger partial charge on any atom is -0.493 e. The Morgan fingerprint density at radius 3 is 2.35 bits per heavy atom. The number of ether oxygens (including phenoxy) is 3. The van der Waals surface area contributed by atoms with E-state index in [1.807, 2.05) is 17.0 Å². The van der Waals surface area contributed by atoms with Gasteiger partial charge < -0.3 is 24.2 Å². The number of unbranched alkanes of at least 4 members (excludes halogenated alkanes) is 2. The van der Waals surface area contributed by atoms with E-state index in [0.717, 1.165) is 57.2 Å². The van der Waals surface area contributed by atoms with Gasteiger partial charge in [-0.15, -0.1) is 0 Å². The summed E-state index contributed by atoms with van der Waals surface area (Å²) in [5.74, 6) is -0.0601. The number of rotatable bonds is 14. The summed E-state index contributed by atoms with van der Waals surface area (Å²) in [4.78, 5) is 30.6. The number of carboxylic acid groups (broad SMARTS) is 1. The van der Waals surface area contributed by atoms with Gasteiger partial charge in [0, 0.05) is 31.6 Å². The Kier molecular flexibility index (Phi) is 10.1. The van der Waals surface area contributed by atoms with Crippen molar-refractivity contribution in [3.05, 3.63) is 17.7 Å². The van der Waals surface area contributed by atoms with Crippen LogP contribution in [0, 0.1) is 11.3 Å². The standard InChI is InChI=1S/C29H46N2O6/c1-7-10-13-30(14-11-8-2)24(32)18-31-17-21(25(28(33)34)27(31)29(4,5)12-9-3)20-15-22(35-6)26-23(16-20)36-19-37-26/h15-16,21,25,27H,7-14,17-19H2,1-6H3,(H,33,34)/t21-,25-,27?/m1/s1. The molecular weight excluding hydrogens is 472 g/mol. The second-order valence-corrected chi connectivity index (χ2v) is 11.1. The van der Waals surface area contributed by atoms with Gasteiger partial charge in [-0.3, -0.25) is 14.5 Å². The molecule has 1 saturated heterocycles. The van der Waals surface area contributed by atoms with Gasteiger partial charge in [0.1, 0.15) is 0 Å². The zero-order valence-corrected chi connectivity index (χ0v) is 23.5. The third-order valence-corrected chi connectivity index (χ3v) is 7.94. The molecule has 1 aromatic rings. The van der Waals surface area contributed by atoms with Crippen molar-refractivity contribution in [1.82, 2.24) is 9.80 Å². The van der Waals surface area contributed by atoms with Gasteiger partial charge in [-0.05, 0) is 42.4 Å². The van der Waals surface area contributed by atoms with Crippen molar-refractivity contribution in [3.63, 3.8) is 0 Å². The lowest BCUT2D eigenvalue weighted by molar-refractivity contribution is -0.145. The Bertz CT molecular complexity index is 925. The zero-order chi connectivity index (χ0) is 27.2. The lowest BCUT2D eigenvalue weighted by Gasteiger charge is -2.40. The lowest BCUT2D eigenvalue weighted by atomic mass is 9.71. The molecule has 3 rings (SSSR count). The average Bonchev–Trinajstić information content (AvgIpc) is 3.48. The summed E-state index contributed by atoms with van der Waals surface area (Å²) in [5.41, 5.74) is 0.555. The van der Waals surface area contributed by atoms with Gasteiger partial charge in [0.05, 0.1) is 19.6 Å². The summed E-state index contributed by atoms with van der Waals surface area (Å²) >= 11 is 0. The molecule has 0 spiro atoms. The summed E-state index contributed by atoms with van der Waals surface area (Å²) in [6.07, 6.45) is 5.81. The summed E-state index contributed by atoms with van der Waals surface area (Å²) in [6.45, 7) is 13.0. The number of nitrogens with zero attached hydrogens (tertiary/aromatic N) is 2. The minimum atomic E-state index is -0.834. The normalized spacial score (nSPS) is 21.3. The largest absolute Gasteiger partial charge is 0.493 e. The smallest absolute Gasteiger partial charge is 0.308 e. The molecule has 37 heavy (non-hydrogen) atoms. The molecule has 8 nitrogen and oxygen atoms in total. The third-order valence-electron chi connectivity index (χ3n) is 7.94. The van der Waals surface area contributed by atoms with Crippen LogP contribution in [0.1, 0.15) is 84.6 Å². The quantitative estimate of drug-likeness (QED) is 0.364. The number of benzene rings is 1. The van der Waals surface area contributed by atoms with Gasteiger partial charge in [0.2, 0.25) is 18.4 Å². The van der Waals surface area contributed by atoms with Gasteiger partial charge in [0.25, 0.3) is 0 Å². The number of likely N-dealkylation sites (tertiary alicyclic amines) is 1. The van der Waals surface area contributed by atoms with Crippen LogP contribution in [0.15, 0.2) is 12.1 Å². The highest BCUT2D eigenvalue weighted by molar-refractivity contribution is 5.79. The molecule has 0 bridgehead atoms. The predicted molar refractivity (Wildman–Crippen MR) is 143 cm³/mol. The van der Waals surface area contributed by atoms with Crippen LogP contribution in [0.3, 0.4) is 0 Å². The molecule has 2 aliphatic rings. The second kappa shape index (κ2) is 12.9. The Labute approximate surface area is 222 Å². The van der Waals surface area contributed by atoms with Crippen molar-refractivity contribution in [2.75, 3.05) is 40.1 Å². The van der Waals surface area contributed by atoms with Gasteiger partial charge in [-0.1, -0.05) is 53.9 Å². The number of amides is 1. The first kappa shape index (κ1) is 29.1. The van der Waals surface area contributed by atoms with Crippen LogP contribution in [0.2, 0.25) is 0 Å². The molecule has 0 saturated carbocycles. The van der Waals surface area contributed by atoms with Crippen molar-refractivity contribution >= 4 is 11.9 Å². The van der Waals surface area contributed by atoms with E-state index in [9.17, 15) is 14.7 Å². The Morgan fingerprint density at radius 2 is 1.78 bits per heavy atom. The third kappa shape index (κ3) is 6.51. The molecule has 1 aromatic carbocycles. The molecule has 3 atom stereocenters. The fraction of sp³-hybridized carbons (Fsp3) is 0.724. The van der Waals surface area contributed by atoms with Crippen LogP contribution >= 0.6 is 0 Å². The molecular formula is C29H46N2O6. The molecule has 2 aliphatic heterocycles. The minimum absolute atomic E-state index is 0.0901. The van der Waals surface area contributed by atoms with E-state index in [-0.39, 0.29) is 36.6 Å². The van der Waals surface area contributed by atoms with Crippen LogP contribution in [0.25, 0.3) is 0 Å². The maximum Gasteiger partial charge on any atom is 0.308 e. The number of hydrogen-bond acceptors (Lipinski definition) is 6. The molecule has 1 unspecified atom stereocenters. The number of aliphatic carboxylic acids is 1. The fourth-order valence-corrected chi connectivity index (χ4v) is 6.18. The van der Waals surface area contributed by atoms with Crippen LogP contribution in [0.5, 0.6) is 17.2 Å². The molecule has 0 radical (unpaired) electrons. The van der Waals surface area contributed by atoms with Crippen LogP contribution in [0.4, 0.5) is 0 Å². The van der Waals surface area contributed by atoms with Gasteiger partial charge >= 0.3 is 5.97 Å². The highest BCUT2D eigenvalue weighted by Gasteiger charge is 2.53. The number of fused-ring (bicyclic) bond motifs is 1. The predicted octanol–water partition coefficient (Wildman–Crippen LogP) is 5.15. The van der Waals surface area contributed by atoms with Crippen molar-refractivity contribution in [1.29, 1.82) is 0 Å². The number of carbonyl (C=O) groups excluding carboxylic acids is 1. The van der Waals surface area contributed by atoms with Crippen LogP contribution in [-0.2, 0) is 9.59 Å². The van der Waals surface area contributed by atoms with Crippen molar-refractivity contribution in [2.24, 2.45) is 11.3 Å². The maximum absolute atomic E-state index is 13.6. The van der Waals surface area contributed by atoms with Gasteiger partial charge in [0.15, 0.2) is 11.5 Å². The molecule has 0 aliphatic carbocycles. The van der Waals surface area contributed by atoms with E-state index in [0.29, 0.717) is 23.8 Å². The second-order valence-electron chi connectivity index (χ2n) is 11.1. The molecule has 208 valence electrons. The van der Waals surface area contributed by atoms with E-state index < -0.39 is 11.9 Å². The average molecular weight is 519 g/mol. The van der Waals surface area contributed by atoms with Crippen LogP contribution in [-0.4, -0.2) is 72.9 Å². The first-order valence-electron chi connectivity index (χ1n) is 13.9. The first-order valence-corrected chi connectivity index (χ1v) is 13.9. The SMILES string of the molecule is CCCCN(CCCC)C(=O)CN1C[C@H](c2cc(OC)c3c(c2)OCO3)[C@@H](C(=O)O)C1C(C)(C)CCC. The van der Waals surface area contributed by atoms with Gasteiger partial charge in [-0.25, -0.2) is 0 Å². The Hall–Kier alpha value is -2.48.